The Morgan fingerprint density at radius 3 is 1.32 bits per heavy atom. The van der Waals surface area contributed by atoms with Crippen molar-refractivity contribution >= 4 is 24.3 Å². The summed E-state index contributed by atoms with van der Waals surface area (Å²) in [7, 11) is 0. The second kappa shape index (κ2) is 20.8. The fraction of sp³-hybridized carbons (Fsp3) is 0.800. The molecule has 8 nitrogen and oxygen atoms in total. The number of rotatable bonds is 14. The minimum atomic E-state index is 0.0503. The molecule has 0 saturated carbocycles. The van der Waals surface area contributed by atoms with Crippen LogP contribution in [0.3, 0.4) is 0 Å². The second-order valence-corrected chi connectivity index (χ2v) is 6.96. The van der Waals surface area contributed by atoms with Gasteiger partial charge in [0.1, 0.15) is 0 Å². The van der Waals surface area contributed by atoms with E-state index in [0.29, 0.717) is 12.5 Å². The highest BCUT2D eigenvalue weighted by atomic mass is 16.1. The topological polar surface area (TPSA) is 118 Å². The number of hydrogen-bond acceptors (Lipinski definition) is 8. The highest BCUT2D eigenvalue weighted by Crippen LogP contribution is 2.11. The summed E-state index contributed by atoms with van der Waals surface area (Å²) < 4.78 is 0. The molecule has 0 aliphatic rings. The van der Waals surface area contributed by atoms with Crippen LogP contribution in [0, 0.1) is 5.92 Å². The summed E-state index contributed by atoms with van der Waals surface area (Å²) in [5, 5.41) is 0. The molecule has 0 spiro atoms. The molecule has 0 amide bonds. The Kier molecular flexibility index (Phi) is 20.6. The van der Waals surface area contributed by atoms with Crippen molar-refractivity contribution in [2.45, 2.75) is 90.8 Å². The Morgan fingerprint density at radius 1 is 0.571 bits per heavy atom. The predicted octanol–water partition coefficient (Wildman–Crippen LogP) is 3.85. The van der Waals surface area contributed by atoms with Gasteiger partial charge in [-0.25, -0.2) is 39.1 Å². The number of hydrogen-bond donors (Lipinski definition) is 0. The van der Waals surface area contributed by atoms with Gasteiger partial charge in [0, 0.05) is 0 Å². The molecular formula is C20H32N4O4. The van der Waals surface area contributed by atoms with E-state index < -0.39 is 0 Å². The zero-order valence-electron chi connectivity index (χ0n) is 17.4. The van der Waals surface area contributed by atoms with Gasteiger partial charge >= 0.3 is 0 Å². The van der Waals surface area contributed by atoms with E-state index in [1.807, 2.05) is 27.7 Å². The normalized spacial score (nSPS) is 13.6. The summed E-state index contributed by atoms with van der Waals surface area (Å²) in [5.41, 5.74) is 0. The molecule has 0 radical (unpaired) electrons. The van der Waals surface area contributed by atoms with Gasteiger partial charge in [-0.1, -0.05) is 26.2 Å². The van der Waals surface area contributed by atoms with Crippen LogP contribution in [0.4, 0.5) is 0 Å². The van der Waals surface area contributed by atoms with E-state index in [2.05, 4.69) is 20.0 Å². The summed E-state index contributed by atoms with van der Waals surface area (Å²) in [6, 6.07) is 0.157. The van der Waals surface area contributed by atoms with Crippen molar-refractivity contribution in [1.29, 1.82) is 0 Å². The molecule has 8 heteroatoms. The first kappa shape index (κ1) is 27.7. The Bertz CT molecular complexity index is 559. The molecular weight excluding hydrogens is 360 g/mol. The largest absolute Gasteiger partial charge is 0.235 e. The van der Waals surface area contributed by atoms with Crippen molar-refractivity contribution in [3.63, 3.8) is 0 Å². The lowest BCUT2D eigenvalue weighted by atomic mass is 10.0. The number of isocyanates is 4. The maximum Gasteiger partial charge on any atom is 0.235 e. The molecule has 0 aromatic rings. The fourth-order valence-corrected chi connectivity index (χ4v) is 2.39. The molecule has 0 bridgehead atoms. The van der Waals surface area contributed by atoms with Crippen LogP contribution in [-0.2, 0) is 19.2 Å². The van der Waals surface area contributed by atoms with E-state index in [1.54, 1.807) is 18.2 Å². The van der Waals surface area contributed by atoms with Crippen LogP contribution in [-0.4, -0.2) is 49.0 Å². The summed E-state index contributed by atoms with van der Waals surface area (Å²) in [4.78, 5) is 53.8. The van der Waals surface area contributed by atoms with Gasteiger partial charge in [0.05, 0.1) is 24.7 Å². The van der Waals surface area contributed by atoms with Crippen LogP contribution in [0.25, 0.3) is 0 Å². The van der Waals surface area contributed by atoms with Crippen LogP contribution < -0.4 is 0 Å². The Morgan fingerprint density at radius 2 is 0.964 bits per heavy atom. The Hall–Kier alpha value is -2.48. The smallest absolute Gasteiger partial charge is 0.211 e. The summed E-state index contributed by atoms with van der Waals surface area (Å²) in [5.74, 6) is 0.392. The molecule has 0 fully saturated rings. The van der Waals surface area contributed by atoms with Crippen LogP contribution in [0.15, 0.2) is 20.0 Å². The lowest BCUT2D eigenvalue weighted by molar-refractivity contribution is 0.483. The average molecular weight is 393 g/mol. The zero-order valence-corrected chi connectivity index (χ0v) is 17.4. The molecule has 4 atom stereocenters. The standard InChI is InChI=1S/2C10H16N2O2/c1-9(6-11-7-13)4-3-5-10(2)12-8-14;1-9(11-7-13)5-3-4-6-10(2)12-8-14/h2*9-10H,3-6H2,1-2H3. The molecule has 0 aliphatic carbocycles. The maximum atomic E-state index is 9.90. The third-order valence-electron chi connectivity index (χ3n) is 4.10. The van der Waals surface area contributed by atoms with E-state index in [4.69, 9.17) is 0 Å². The molecule has 0 aromatic carbocycles. The van der Waals surface area contributed by atoms with Gasteiger partial charge in [-0.3, -0.25) is 0 Å². The van der Waals surface area contributed by atoms with E-state index >= 15 is 0 Å². The van der Waals surface area contributed by atoms with Gasteiger partial charge in [-0.05, 0) is 52.4 Å². The quantitative estimate of drug-likeness (QED) is 0.253. The predicted molar refractivity (Wildman–Crippen MR) is 107 cm³/mol. The number of carbonyl (C=O) groups excluding carboxylic acids is 4. The third-order valence-corrected chi connectivity index (χ3v) is 4.10. The number of aliphatic imine (C=N–C) groups is 4. The van der Waals surface area contributed by atoms with E-state index in [9.17, 15) is 19.2 Å². The summed E-state index contributed by atoms with van der Waals surface area (Å²) in [6.45, 7) is 8.23. The fourth-order valence-electron chi connectivity index (χ4n) is 2.39. The lowest BCUT2D eigenvalue weighted by Gasteiger charge is -2.08. The van der Waals surface area contributed by atoms with Gasteiger partial charge in [-0.2, -0.15) is 0 Å². The van der Waals surface area contributed by atoms with E-state index in [-0.39, 0.29) is 18.1 Å². The maximum absolute atomic E-state index is 9.90. The Balaban J connectivity index is 0. The van der Waals surface area contributed by atoms with Crippen molar-refractivity contribution in [3.05, 3.63) is 0 Å². The van der Waals surface area contributed by atoms with Crippen molar-refractivity contribution < 1.29 is 19.2 Å². The SMILES string of the molecule is CC(CCCC(C)N=C=O)CN=C=O.CC(CCCCC(C)N=C=O)N=C=O. The first-order chi connectivity index (χ1) is 13.4. The second-order valence-electron chi connectivity index (χ2n) is 6.96. The van der Waals surface area contributed by atoms with Crippen molar-refractivity contribution in [3.8, 4) is 0 Å². The molecule has 4 unspecified atom stereocenters. The zero-order chi connectivity index (χ0) is 21.6. The van der Waals surface area contributed by atoms with Crippen LogP contribution >= 0.6 is 0 Å². The number of unbranched alkanes of at least 4 members (excludes halogenated alkanes) is 1. The average Bonchev–Trinajstić information content (AvgIpc) is 2.65. The Labute approximate surface area is 167 Å². The lowest BCUT2D eigenvalue weighted by Crippen LogP contribution is -2.02. The van der Waals surface area contributed by atoms with Crippen LogP contribution in [0.1, 0.15) is 72.6 Å². The van der Waals surface area contributed by atoms with Crippen molar-refractivity contribution in [1.82, 2.24) is 0 Å². The molecule has 28 heavy (non-hydrogen) atoms. The highest BCUT2D eigenvalue weighted by Gasteiger charge is 2.03. The minimum absolute atomic E-state index is 0.0503. The minimum Gasteiger partial charge on any atom is -0.211 e. The molecule has 0 rings (SSSR count). The van der Waals surface area contributed by atoms with Gasteiger partial charge in [-0.15, -0.1) is 0 Å². The molecule has 0 heterocycles. The van der Waals surface area contributed by atoms with Crippen LogP contribution in [0.5, 0.6) is 0 Å². The summed E-state index contributed by atoms with van der Waals surface area (Å²) >= 11 is 0. The third kappa shape index (κ3) is 21.6. The molecule has 0 saturated heterocycles. The van der Waals surface area contributed by atoms with Crippen LogP contribution in [0.2, 0.25) is 0 Å². The van der Waals surface area contributed by atoms with Crippen molar-refractivity contribution in [2.24, 2.45) is 25.9 Å². The number of nitrogens with zero attached hydrogens (tertiary/aromatic N) is 4. The summed E-state index contributed by atoms with van der Waals surface area (Å²) in [6.07, 6.45) is 12.8. The monoisotopic (exact) mass is 392 g/mol. The molecule has 0 aromatic heterocycles. The molecule has 0 aliphatic heterocycles. The van der Waals surface area contributed by atoms with Gasteiger partial charge in [0.15, 0.2) is 0 Å². The first-order valence-corrected chi connectivity index (χ1v) is 9.65. The molecule has 0 N–H and O–H groups in total. The van der Waals surface area contributed by atoms with Gasteiger partial charge in [0.25, 0.3) is 0 Å². The molecule has 156 valence electrons. The highest BCUT2D eigenvalue weighted by molar-refractivity contribution is 5.34. The first-order valence-electron chi connectivity index (χ1n) is 9.65. The van der Waals surface area contributed by atoms with Crippen molar-refractivity contribution in [2.75, 3.05) is 6.54 Å². The van der Waals surface area contributed by atoms with E-state index in [1.165, 1.54) is 6.08 Å². The van der Waals surface area contributed by atoms with Gasteiger partial charge < -0.3 is 0 Å². The van der Waals surface area contributed by atoms with Gasteiger partial charge in [0.2, 0.25) is 24.3 Å². The van der Waals surface area contributed by atoms with E-state index in [0.717, 1.165) is 44.9 Å².